The van der Waals surface area contributed by atoms with Crippen LogP contribution in [0.2, 0.25) is 0 Å². The molecule has 4 heteroatoms. The molecular weight excluding hydrogens is 408 g/mol. The van der Waals surface area contributed by atoms with Crippen LogP contribution in [-0.4, -0.2) is 4.98 Å². The van der Waals surface area contributed by atoms with Gasteiger partial charge in [-0.2, -0.15) is 0 Å². The van der Waals surface area contributed by atoms with E-state index in [1.54, 1.807) is 6.20 Å². The van der Waals surface area contributed by atoms with Crippen molar-refractivity contribution in [2.45, 2.75) is 0 Å². The first-order valence-corrected chi connectivity index (χ1v) is 5.11. The second-order valence-electron chi connectivity index (χ2n) is 1.42. The molecule has 0 aliphatic heterocycles. The Labute approximate surface area is 89.0 Å². The van der Waals surface area contributed by atoms with Gasteiger partial charge < -0.3 is 0 Å². The fourth-order valence-electron chi connectivity index (χ4n) is 0.396. The van der Waals surface area contributed by atoms with E-state index in [4.69, 9.17) is 0 Å². The molecule has 9 heavy (non-hydrogen) atoms. The highest BCUT2D eigenvalue weighted by molar-refractivity contribution is 14.1. The minimum Gasteiger partial charge on any atom is -0.262 e. The third kappa shape index (κ3) is 2.01. The Morgan fingerprint density at radius 1 is 1.33 bits per heavy atom. The van der Waals surface area contributed by atoms with E-state index in [1.807, 2.05) is 6.20 Å². The molecule has 1 heterocycles. The second-order valence-corrected chi connectivity index (χ2v) is 4.51. The molecule has 0 fully saturated rings. The average Bonchev–Trinajstić information content (AvgIpc) is 1.83. The van der Waals surface area contributed by atoms with Crippen molar-refractivity contribution < 1.29 is 0 Å². The number of aromatic nitrogens is 1. The van der Waals surface area contributed by atoms with E-state index in [9.17, 15) is 0 Å². The average molecular weight is 410 g/mol. The summed E-state index contributed by atoms with van der Waals surface area (Å²) < 4.78 is 3.47. The van der Waals surface area contributed by atoms with Crippen LogP contribution in [0.25, 0.3) is 0 Å². The highest BCUT2D eigenvalue weighted by Crippen LogP contribution is 2.21. The summed E-state index contributed by atoms with van der Waals surface area (Å²) in [5.74, 6) is 0. The quantitative estimate of drug-likeness (QED) is 0.600. The van der Waals surface area contributed by atoms with Gasteiger partial charge in [-0.05, 0) is 61.1 Å². The minimum absolute atomic E-state index is 1.06. The molecular formula is C5H2BrI2N. The number of nitrogens with zero attached hydrogens (tertiary/aromatic N) is 1. The van der Waals surface area contributed by atoms with Gasteiger partial charge in [0.15, 0.2) is 0 Å². The fourth-order valence-corrected chi connectivity index (χ4v) is 1.83. The Balaban J connectivity index is 3.25. The first-order chi connectivity index (χ1) is 4.22. The lowest BCUT2D eigenvalue weighted by molar-refractivity contribution is 1.27. The van der Waals surface area contributed by atoms with Gasteiger partial charge in [-0.25, -0.2) is 0 Å². The number of pyridine rings is 1. The molecule has 0 aliphatic carbocycles. The highest BCUT2D eigenvalue weighted by Gasteiger charge is 1.98. The summed E-state index contributed by atoms with van der Waals surface area (Å²) in [6, 6.07) is 0. The molecule has 0 aromatic carbocycles. The third-order valence-electron chi connectivity index (χ3n) is 0.795. The molecule has 0 saturated heterocycles. The van der Waals surface area contributed by atoms with Crippen LogP contribution in [0.1, 0.15) is 0 Å². The van der Waals surface area contributed by atoms with Crippen molar-refractivity contribution in [1.29, 1.82) is 0 Å². The number of halogens is 3. The van der Waals surface area contributed by atoms with Crippen LogP contribution in [0.3, 0.4) is 0 Å². The predicted octanol–water partition coefficient (Wildman–Crippen LogP) is 3.05. The van der Waals surface area contributed by atoms with Crippen molar-refractivity contribution in [1.82, 2.24) is 4.98 Å². The van der Waals surface area contributed by atoms with E-state index in [0.29, 0.717) is 0 Å². The Hall–Kier alpha value is 1.09. The smallest absolute Gasteiger partial charge is 0.0502 e. The molecule has 48 valence electrons. The molecule has 1 aromatic heterocycles. The Bertz CT molecular complexity index is 206. The maximum Gasteiger partial charge on any atom is 0.0502 e. The molecule has 0 radical (unpaired) electrons. The van der Waals surface area contributed by atoms with Gasteiger partial charge in [0.25, 0.3) is 0 Å². The molecule has 0 spiro atoms. The Morgan fingerprint density at radius 3 is 2.44 bits per heavy atom. The minimum atomic E-state index is 1.06. The highest BCUT2D eigenvalue weighted by atomic mass is 127. The maximum atomic E-state index is 3.99. The first kappa shape index (κ1) is 8.19. The van der Waals surface area contributed by atoms with Crippen molar-refractivity contribution in [2.75, 3.05) is 0 Å². The zero-order valence-corrected chi connectivity index (χ0v) is 10.1. The predicted molar refractivity (Wildman–Crippen MR) is 57.4 cm³/mol. The summed E-state index contributed by atoms with van der Waals surface area (Å²) in [6.45, 7) is 0. The van der Waals surface area contributed by atoms with Gasteiger partial charge in [0.2, 0.25) is 0 Å². The third-order valence-corrected chi connectivity index (χ3v) is 5.15. The van der Waals surface area contributed by atoms with Gasteiger partial charge in [-0.1, -0.05) is 0 Å². The van der Waals surface area contributed by atoms with Gasteiger partial charge >= 0.3 is 0 Å². The van der Waals surface area contributed by atoms with Crippen molar-refractivity contribution in [3.63, 3.8) is 0 Å². The Morgan fingerprint density at radius 2 is 2.00 bits per heavy atom. The molecule has 1 aromatic rings. The van der Waals surface area contributed by atoms with Crippen molar-refractivity contribution in [3.05, 3.63) is 24.0 Å². The van der Waals surface area contributed by atoms with Gasteiger partial charge in [0, 0.05) is 19.5 Å². The Kier molecular flexibility index (Phi) is 3.16. The van der Waals surface area contributed by atoms with Gasteiger partial charge in [0.1, 0.15) is 0 Å². The van der Waals surface area contributed by atoms with E-state index in [-0.39, 0.29) is 0 Å². The molecule has 0 saturated carbocycles. The molecule has 0 N–H and O–H groups in total. The normalized spacial score (nSPS) is 9.67. The second kappa shape index (κ2) is 3.47. The number of hydrogen-bond donors (Lipinski definition) is 0. The molecule has 0 atom stereocenters. The summed E-state index contributed by atoms with van der Waals surface area (Å²) in [5.41, 5.74) is 0. The monoisotopic (exact) mass is 409 g/mol. The summed E-state index contributed by atoms with van der Waals surface area (Å²) in [7, 11) is 0. The van der Waals surface area contributed by atoms with Gasteiger partial charge in [0.05, 0.1) is 4.47 Å². The van der Waals surface area contributed by atoms with Crippen molar-refractivity contribution in [2.24, 2.45) is 0 Å². The summed E-state index contributed by atoms with van der Waals surface area (Å²) in [6.07, 6.45) is 3.64. The van der Waals surface area contributed by atoms with Crippen LogP contribution in [0.5, 0.6) is 0 Å². The van der Waals surface area contributed by atoms with Crippen molar-refractivity contribution >= 4 is 61.1 Å². The molecule has 0 bridgehead atoms. The topological polar surface area (TPSA) is 12.9 Å². The van der Waals surface area contributed by atoms with Crippen LogP contribution in [0.4, 0.5) is 0 Å². The molecule has 0 aliphatic rings. The first-order valence-electron chi connectivity index (χ1n) is 2.16. The van der Waals surface area contributed by atoms with E-state index in [0.717, 1.165) is 4.47 Å². The van der Waals surface area contributed by atoms with E-state index in [2.05, 4.69) is 66.1 Å². The van der Waals surface area contributed by atoms with Crippen LogP contribution in [0.15, 0.2) is 16.9 Å². The lowest BCUT2D eigenvalue weighted by atomic mass is 10.5. The van der Waals surface area contributed by atoms with E-state index < -0.39 is 0 Å². The summed E-state index contributed by atoms with van der Waals surface area (Å²) in [4.78, 5) is 3.99. The van der Waals surface area contributed by atoms with Gasteiger partial charge in [-0.15, -0.1) is 0 Å². The SMILES string of the molecule is Brc1cncc(I)c1I. The van der Waals surface area contributed by atoms with Crippen LogP contribution in [-0.2, 0) is 0 Å². The van der Waals surface area contributed by atoms with Crippen LogP contribution >= 0.6 is 61.1 Å². The maximum absolute atomic E-state index is 3.99. The zero-order chi connectivity index (χ0) is 6.85. The molecule has 0 unspecified atom stereocenters. The summed E-state index contributed by atoms with van der Waals surface area (Å²) in [5, 5.41) is 0. The fraction of sp³-hybridized carbons (Fsp3) is 0. The molecule has 1 rings (SSSR count). The molecule has 1 nitrogen and oxygen atoms in total. The van der Waals surface area contributed by atoms with E-state index in [1.165, 1.54) is 7.14 Å². The van der Waals surface area contributed by atoms with Crippen LogP contribution < -0.4 is 0 Å². The van der Waals surface area contributed by atoms with Gasteiger partial charge in [-0.3, -0.25) is 4.98 Å². The van der Waals surface area contributed by atoms with Crippen molar-refractivity contribution in [3.8, 4) is 0 Å². The number of rotatable bonds is 0. The largest absolute Gasteiger partial charge is 0.262 e. The van der Waals surface area contributed by atoms with E-state index >= 15 is 0 Å². The van der Waals surface area contributed by atoms with Crippen LogP contribution in [0, 0.1) is 7.14 Å². The summed E-state index contributed by atoms with van der Waals surface area (Å²) >= 11 is 7.90. The standard InChI is InChI=1S/C5H2BrI2N/c6-3-1-9-2-4(7)5(3)8/h1-2H. The number of hydrogen-bond acceptors (Lipinski definition) is 1. The zero-order valence-electron chi connectivity index (χ0n) is 4.24. The lowest BCUT2D eigenvalue weighted by Crippen LogP contribution is -1.82. The lowest BCUT2D eigenvalue weighted by Gasteiger charge is -1.94. The molecule has 0 amide bonds.